The maximum Gasteiger partial charge on any atom is 0.313 e. The molecule has 2 rings (SSSR count). The molecule has 1 unspecified atom stereocenters. The number of nitrogens with zero attached hydrogens (tertiary/aromatic N) is 1. The van der Waals surface area contributed by atoms with Crippen molar-refractivity contribution >= 4 is 17.5 Å². The fraction of sp³-hybridized carbons (Fsp3) is 0.579. The molecule has 1 fully saturated rings. The molecule has 25 heavy (non-hydrogen) atoms. The molecule has 1 saturated heterocycles. The highest BCUT2D eigenvalue weighted by Crippen LogP contribution is 2.25. The molecule has 2 amide bonds. The number of ether oxygens (including phenoxy) is 1. The quantitative estimate of drug-likeness (QED) is 0.774. The van der Waals surface area contributed by atoms with Crippen molar-refractivity contribution in [3.8, 4) is 5.75 Å². The number of carbonyl (C=O) groups excluding carboxylic acids is 2. The number of nitrogens with one attached hydrogen (secondary N) is 2. The van der Waals surface area contributed by atoms with Gasteiger partial charge in [0, 0.05) is 13.1 Å². The summed E-state index contributed by atoms with van der Waals surface area (Å²) in [6, 6.07) is 5.43. The maximum absolute atomic E-state index is 12.1. The van der Waals surface area contributed by atoms with Gasteiger partial charge in [0.15, 0.2) is 0 Å². The van der Waals surface area contributed by atoms with E-state index in [1.165, 1.54) is 26.4 Å². The Labute approximate surface area is 149 Å². The standard InChI is InChI=1S/C19H29N3O3/c1-14-7-8-17(25-3)16(11-14)21-19(24)18(23)20-12-15(2)13-22-9-5-4-6-10-22/h7-8,11,15H,4-6,9-10,12-13H2,1-3H3,(H,20,23)(H,21,24). The summed E-state index contributed by atoms with van der Waals surface area (Å²) in [5.41, 5.74) is 1.48. The molecule has 1 aromatic carbocycles. The molecule has 6 nitrogen and oxygen atoms in total. The first kappa shape index (κ1) is 19.2. The number of benzene rings is 1. The minimum absolute atomic E-state index is 0.309. The SMILES string of the molecule is COc1ccc(C)cc1NC(=O)C(=O)NCC(C)CN1CCCCC1. The molecule has 0 saturated carbocycles. The first-order valence-corrected chi connectivity index (χ1v) is 8.95. The number of anilines is 1. The van der Waals surface area contributed by atoms with Gasteiger partial charge in [0.05, 0.1) is 12.8 Å². The van der Waals surface area contributed by atoms with Crippen LogP contribution in [0.2, 0.25) is 0 Å². The van der Waals surface area contributed by atoms with Gasteiger partial charge in [-0.3, -0.25) is 9.59 Å². The third-order valence-electron chi connectivity index (χ3n) is 4.44. The fourth-order valence-electron chi connectivity index (χ4n) is 3.09. The van der Waals surface area contributed by atoms with Gasteiger partial charge >= 0.3 is 11.8 Å². The zero-order chi connectivity index (χ0) is 18.2. The average Bonchev–Trinajstić information content (AvgIpc) is 2.60. The zero-order valence-electron chi connectivity index (χ0n) is 15.4. The van der Waals surface area contributed by atoms with Crippen LogP contribution in [0.1, 0.15) is 31.7 Å². The lowest BCUT2D eigenvalue weighted by molar-refractivity contribution is -0.136. The Morgan fingerprint density at radius 2 is 1.92 bits per heavy atom. The normalized spacial score (nSPS) is 16.1. The van der Waals surface area contributed by atoms with Gasteiger partial charge in [-0.25, -0.2) is 0 Å². The van der Waals surface area contributed by atoms with Crippen LogP contribution in [-0.4, -0.2) is 50.0 Å². The first-order valence-electron chi connectivity index (χ1n) is 8.95. The molecule has 0 spiro atoms. The number of likely N-dealkylation sites (tertiary alicyclic amines) is 1. The Morgan fingerprint density at radius 3 is 2.60 bits per heavy atom. The molecule has 1 aliphatic rings. The van der Waals surface area contributed by atoms with E-state index >= 15 is 0 Å². The third kappa shape index (κ3) is 6.05. The minimum Gasteiger partial charge on any atom is -0.495 e. The Balaban J connectivity index is 1.80. The summed E-state index contributed by atoms with van der Waals surface area (Å²) in [7, 11) is 1.53. The van der Waals surface area contributed by atoms with Crippen molar-refractivity contribution in [2.75, 3.05) is 38.6 Å². The Bertz CT molecular complexity index is 598. The van der Waals surface area contributed by atoms with Crippen molar-refractivity contribution in [2.24, 2.45) is 5.92 Å². The van der Waals surface area contributed by atoms with Crippen LogP contribution in [0, 0.1) is 12.8 Å². The highest BCUT2D eigenvalue weighted by Gasteiger charge is 2.18. The Hall–Kier alpha value is -2.08. The van der Waals surface area contributed by atoms with Gasteiger partial charge in [0.2, 0.25) is 0 Å². The van der Waals surface area contributed by atoms with Gasteiger partial charge in [0.1, 0.15) is 5.75 Å². The second-order valence-corrected chi connectivity index (χ2v) is 6.83. The molecule has 1 aliphatic heterocycles. The predicted molar refractivity (Wildman–Crippen MR) is 98.8 cm³/mol. The minimum atomic E-state index is -0.672. The summed E-state index contributed by atoms with van der Waals surface area (Å²) < 4.78 is 5.21. The van der Waals surface area contributed by atoms with Gasteiger partial charge in [-0.1, -0.05) is 19.4 Å². The molecule has 1 aromatic rings. The number of amides is 2. The van der Waals surface area contributed by atoms with Gasteiger partial charge in [-0.05, 0) is 56.5 Å². The molecular weight excluding hydrogens is 318 g/mol. The molecule has 0 radical (unpaired) electrons. The van der Waals surface area contributed by atoms with Crippen LogP contribution in [0.4, 0.5) is 5.69 Å². The van der Waals surface area contributed by atoms with E-state index in [-0.39, 0.29) is 0 Å². The van der Waals surface area contributed by atoms with Crippen molar-refractivity contribution in [3.63, 3.8) is 0 Å². The smallest absolute Gasteiger partial charge is 0.313 e. The number of piperidine rings is 1. The zero-order valence-corrected chi connectivity index (χ0v) is 15.4. The van der Waals surface area contributed by atoms with Gasteiger partial charge in [-0.15, -0.1) is 0 Å². The largest absolute Gasteiger partial charge is 0.495 e. The Kier molecular flexibility index (Phi) is 7.25. The van der Waals surface area contributed by atoms with E-state index in [0.29, 0.717) is 23.9 Å². The molecule has 0 aliphatic carbocycles. The van der Waals surface area contributed by atoms with Crippen molar-refractivity contribution in [1.82, 2.24) is 10.2 Å². The number of methoxy groups -OCH3 is 1. The van der Waals surface area contributed by atoms with E-state index in [2.05, 4.69) is 22.5 Å². The van der Waals surface area contributed by atoms with Gasteiger partial charge < -0.3 is 20.3 Å². The highest BCUT2D eigenvalue weighted by molar-refractivity contribution is 6.39. The Morgan fingerprint density at radius 1 is 1.20 bits per heavy atom. The number of aryl methyl sites for hydroxylation is 1. The summed E-state index contributed by atoms with van der Waals surface area (Å²) >= 11 is 0. The lowest BCUT2D eigenvalue weighted by Gasteiger charge is -2.29. The first-order chi connectivity index (χ1) is 12.0. The third-order valence-corrected chi connectivity index (χ3v) is 4.44. The molecule has 1 heterocycles. The van der Waals surface area contributed by atoms with Gasteiger partial charge in [-0.2, -0.15) is 0 Å². The van der Waals surface area contributed by atoms with Crippen LogP contribution < -0.4 is 15.4 Å². The lowest BCUT2D eigenvalue weighted by Crippen LogP contribution is -2.41. The molecular formula is C19H29N3O3. The van der Waals surface area contributed by atoms with Crippen molar-refractivity contribution < 1.29 is 14.3 Å². The van der Waals surface area contributed by atoms with E-state index in [1.54, 1.807) is 12.1 Å². The van der Waals surface area contributed by atoms with Crippen LogP contribution in [0.15, 0.2) is 18.2 Å². The van der Waals surface area contributed by atoms with Crippen LogP contribution in [-0.2, 0) is 9.59 Å². The summed E-state index contributed by atoms with van der Waals surface area (Å²) in [5.74, 6) is -0.448. The highest BCUT2D eigenvalue weighted by atomic mass is 16.5. The molecule has 0 aromatic heterocycles. The number of carbonyl (C=O) groups is 2. The number of hydrogen-bond donors (Lipinski definition) is 2. The molecule has 2 N–H and O–H groups in total. The molecule has 0 bridgehead atoms. The second-order valence-electron chi connectivity index (χ2n) is 6.83. The number of hydrogen-bond acceptors (Lipinski definition) is 4. The van der Waals surface area contributed by atoms with E-state index in [9.17, 15) is 9.59 Å². The summed E-state index contributed by atoms with van der Waals surface area (Å²) in [6.45, 7) is 7.72. The number of rotatable bonds is 6. The topological polar surface area (TPSA) is 70.7 Å². The fourth-order valence-corrected chi connectivity index (χ4v) is 3.09. The maximum atomic E-state index is 12.1. The summed E-state index contributed by atoms with van der Waals surface area (Å²) in [4.78, 5) is 26.6. The van der Waals surface area contributed by atoms with Gasteiger partial charge in [0.25, 0.3) is 0 Å². The second kappa shape index (κ2) is 9.42. The van der Waals surface area contributed by atoms with E-state index in [1.807, 2.05) is 13.0 Å². The van der Waals surface area contributed by atoms with Crippen molar-refractivity contribution in [2.45, 2.75) is 33.1 Å². The van der Waals surface area contributed by atoms with Crippen molar-refractivity contribution in [1.29, 1.82) is 0 Å². The molecule has 1 atom stereocenters. The average molecular weight is 347 g/mol. The monoisotopic (exact) mass is 347 g/mol. The molecule has 6 heteroatoms. The van der Waals surface area contributed by atoms with Crippen LogP contribution in [0.5, 0.6) is 5.75 Å². The van der Waals surface area contributed by atoms with Crippen molar-refractivity contribution in [3.05, 3.63) is 23.8 Å². The van der Waals surface area contributed by atoms with Crippen LogP contribution in [0.3, 0.4) is 0 Å². The van der Waals surface area contributed by atoms with E-state index in [4.69, 9.17) is 4.74 Å². The lowest BCUT2D eigenvalue weighted by atomic mass is 10.1. The summed E-state index contributed by atoms with van der Waals surface area (Å²) in [6.07, 6.45) is 3.81. The predicted octanol–water partition coefficient (Wildman–Crippen LogP) is 2.18. The van der Waals surface area contributed by atoms with E-state index < -0.39 is 11.8 Å². The van der Waals surface area contributed by atoms with Crippen LogP contribution >= 0.6 is 0 Å². The van der Waals surface area contributed by atoms with Crippen LogP contribution in [0.25, 0.3) is 0 Å². The summed E-state index contributed by atoms with van der Waals surface area (Å²) in [5, 5.41) is 5.35. The molecule has 138 valence electrons. The van der Waals surface area contributed by atoms with E-state index in [0.717, 1.165) is 25.2 Å².